The van der Waals surface area contributed by atoms with Gasteiger partial charge in [-0.1, -0.05) is 12.8 Å². The van der Waals surface area contributed by atoms with Crippen molar-refractivity contribution in [2.24, 2.45) is 0 Å². The second kappa shape index (κ2) is 10.5. The first-order chi connectivity index (χ1) is 11.7. The molecule has 7 heteroatoms. The van der Waals surface area contributed by atoms with E-state index in [4.69, 9.17) is 4.74 Å². The summed E-state index contributed by atoms with van der Waals surface area (Å²) in [7, 11) is 1.60. The molecule has 2 aliphatic rings. The van der Waals surface area contributed by atoms with E-state index >= 15 is 0 Å². The Hall–Kier alpha value is -1.34. The van der Waals surface area contributed by atoms with Gasteiger partial charge in [-0.3, -0.25) is 4.79 Å². The molecule has 2 heterocycles. The highest BCUT2D eigenvalue weighted by atomic mass is 16.5. The van der Waals surface area contributed by atoms with Crippen molar-refractivity contribution >= 4 is 11.9 Å². The quantitative estimate of drug-likeness (QED) is 0.669. The number of ether oxygens (including phenoxy) is 1. The lowest BCUT2D eigenvalue weighted by Gasteiger charge is -2.32. The molecule has 0 bridgehead atoms. The van der Waals surface area contributed by atoms with Crippen LogP contribution in [0.5, 0.6) is 0 Å². The molecule has 1 atom stereocenters. The molecule has 0 radical (unpaired) electrons. The predicted octanol–water partition coefficient (Wildman–Crippen LogP) is 0.845. The second-order valence-corrected chi connectivity index (χ2v) is 6.75. The lowest BCUT2D eigenvalue weighted by atomic mass is 10.0. The molecule has 0 spiro atoms. The summed E-state index contributed by atoms with van der Waals surface area (Å²) in [6.07, 6.45) is 6.92. The lowest BCUT2D eigenvalue weighted by molar-refractivity contribution is -0.133. The molecule has 0 saturated carbocycles. The maximum atomic E-state index is 12.0. The molecule has 2 aliphatic heterocycles. The van der Waals surface area contributed by atoms with Crippen LogP contribution in [0.25, 0.3) is 0 Å². The zero-order chi connectivity index (χ0) is 17.2. The van der Waals surface area contributed by atoms with Gasteiger partial charge in [0.2, 0.25) is 5.91 Å². The minimum absolute atomic E-state index is 0.0924. The van der Waals surface area contributed by atoms with Crippen molar-refractivity contribution in [3.8, 4) is 0 Å². The van der Waals surface area contributed by atoms with Crippen LogP contribution in [0.1, 0.15) is 44.9 Å². The zero-order valence-electron chi connectivity index (χ0n) is 14.8. The summed E-state index contributed by atoms with van der Waals surface area (Å²) in [5.74, 6) is 0.138. The summed E-state index contributed by atoms with van der Waals surface area (Å²) < 4.78 is 4.94. The molecule has 24 heavy (non-hydrogen) atoms. The van der Waals surface area contributed by atoms with Crippen molar-refractivity contribution < 1.29 is 14.3 Å². The zero-order valence-corrected chi connectivity index (χ0v) is 14.8. The van der Waals surface area contributed by atoms with Crippen molar-refractivity contribution in [2.75, 3.05) is 39.9 Å². The number of hydrogen-bond acceptors (Lipinski definition) is 4. The average Bonchev–Trinajstić information content (AvgIpc) is 2.87. The SMILES string of the molecule is COCCC(=O)N1CCC(NC(=O)NCC2CCCCCN2)CC1. The number of carbonyl (C=O) groups is 2. The maximum absolute atomic E-state index is 12.0. The van der Waals surface area contributed by atoms with E-state index < -0.39 is 0 Å². The predicted molar refractivity (Wildman–Crippen MR) is 92.9 cm³/mol. The van der Waals surface area contributed by atoms with Crippen molar-refractivity contribution in [1.82, 2.24) is 20.9 Å². The number of carbonyl (C=O) groups excluding carboxylic acids is 2. The molecule has 0 aromatic rings. The molecular formula is C17H32N4O3. The van der Waals surface area contributed by atoms with Gasteiger partial charge in [0.15, 0.2) is 0 Å². The van der Waals surface area contributed by atoms with E-state index in [9.17, 15) is 9.59 Å². The Morgan fingerprint density at radius 1 is 1.17 bits per heavy atom. The van der Waals surface area contributed by atoms with Gasteiger partial charge in [0.1, 0.15) is 0 Å². The number of methoxy groups -OCH3 is 1. The van der Waals surface area contributed by atoms with Gasteiger partial charge in [-0.05, 0) is 32.2 Å². The van der Waals surface area contributed by atoms with Gasteiger partial charge in [0, 0.05) is 38.8 Å². The molecule has 1 unspecified atom stereocenters. The lowest BCUT2D eigenvalue weighted by Crippen LogP contribution is -2.51. The number of urea groups is 1. The average molecular weight is 340 g/mol. The highest BCUT2D eigenvalue weighted by molar-refractivity contribution is 5.76. The number of rotatable bonds is 6. The van der Waals surface area contributed by atoms with Gasteiger partial charge in [-0.25, -0.2) is 4.79 Å². The maximum Gasteiger partial charge on any atom is 0.315 e. The first-order valence-electron chi connectivity index (χ1n) is 9.23. The fraction of sp³-hybridized carbons (Fsp3) is 0.882. The summed E-state index contributed by atoms with van der Waals surface area (Å²) in [6.45, 7) is 3.60. The van der Waals surface area contributed by atoms with E-state index in [1.807, 2.05) is 4.90 Å². The molecule has 0 aromatic carbocycles. The second-order valence-electron chi connectivity index (χ2n) is 6.75. The van der Waals surface area contributed by atoms with Gasteiger partial charge < -0.3 is 25.6 Å². The number of hydrogen-bond donors (Lipinski definition) is 3. The van der Waals surface area contributed by atoms with Crippen LogP contribution in [0.4, 0.5) is 4.79 Å². The van der Waals surface area contributed by atoms with Gasteiger partial charge in [-0.2, -0.15) is 0 Å². The molecule has 0 aliphatic carbocycles. The molecule has 2 fully saturated rings. The van der Waals surface area contributed by atoms with E-state index in [0.717, 1.165) is 25.8 Å². The molecule has 0 aromatic heterocycles. The Labute approximate surface area is 144 Å². The van der Waals surface area contributed by atoms with Gasteiger partial charge >= 0.3 is 6.03 Å². The third-order valence-corrected chi connectivity index (χ3v) is 4.87. The van der Waals surface area contributed by atoms with Crippen molar-refractivity contribution in [3.63, 3.8) is 0 Å². The first kappa shape index (κ1) is 19.0. The Morgan fingerprint density at radius 2 is 1.96 bits per heavy atom. The van der Waals surface area contributed by atoms with E-state index in [1.165, 1.54) is 19.3 Å². The van der Waals surface area contributed by atoms with Crippen LogP contribution < -0.4 is 16.0 Å². The van der Waals surface area contributed by atoms with Crippen LogP contribution in [0, 0.1) is 0 Å². The smallest absolute Gasteiger partial charge is 0.315 e. The normalized spacial score (nSPS) is 22.7. The summed E-state index contributed by atoms with van der Waals surface area (Å²) in [4.78, 5) is 25.8. The van der Waals surface area contributed by atoms with Gasteiger partial charge in [-0.15, -0.1) is 0 Å². The third-order valence-electron chi connectivity index (χ3n) is 4.87. The number of piperidine rings is 1. The third kappa shape index (κ3) is 6.65. The van der Waals surface area contributed by atoms with Crippen LogP contribution in [0.2, 0.25) is 0 Å². The van der Waals surface area contributed by atoms with Crippen LogP contribution in [0.3, 0.4) is 0 Å². The van der Waals surface area contributed by atoms with E-state index in [1.54, 1.807) is 7.11 Å². The fourth-order valence-electron chi connectivity index (χ4n) is 3.35. The van der Waals surface area contributed by atoms with Crippen LogP contribution in [-0.2, 0) is 9.53 Å². The van der Waals surface area contributed by atoms with Crippen molar-refractivity contribution in [2.45, 2.75) is 57.0 Å². The van der Waals surface area contributed by atoms with E-state index in [-0.39, 0.29) is 18.0 Å². The van der Waals surface area contributed by atoms with Gasteiger partial charge in [0.05, 0.1) is 13.0 Å². The molecule has 138 valence electrons. The molecule has 3 N–H and O–H groups in total. The van der Waals surface area contributed by atoms with Crippen LogP contribution in [0.15, 0.2) is 0 Å². The Bertz CT molecular complexity index is 389. The van der Waals surface area contributed by atoms with Crippen LogP contribution >= 0.6 is 0 Å². The standard InChI is InChI=1S/C17H32N4O3/c1-24-12-8-16(22)21-10-6-14(7-11-21)20-17(23)19-13-15-5-3-2-4-9-18-15/h14-15,18H,2-13H2,1H3,(H2,19,20,23). The van der Waals surface area contributed by atoms with Crippen molar-refractivity contribution in [3.05, 3.63) is 0 Å². The monoisotopic (exact) mass is 340 g/mol. The Morgan fingerprint density at radius 3 is 2.71 bits per heavy atom. The highest BCUT2D eigenvalue weighted by Gasteiger charge is 2.23. The summed E-state index contributed by atoms with van der Waals surface area (Å²) in [6, 6.07) is 0.447. The Balaban J connectivity index is 1.60. The summed E-state index contributed by atoms with van der Waals surface area (Å²) in [5.41, 5.74) is 0. The number of amides is 3. The van der Waals surface area contributed by atoms with E-state index in [2.05, 4.69) is 16.0 Å². The number of nitrogens with zero attached hydrogens (tertiary/aromatic N) is 1. The fourth-order valence-corrected chi connectivity index (χ4v) is 3.35. The molecule has 7 nitrogen and oxygen atoms in total. The molecule has 2 saturated heterocycles. The summed E-state index contributed by atoms with van der Waals surface area (Å²) >= 11 is 0. The highest BCUT2D eigenvalue weighted by Crippen LogP contribution is 2.12. The first-order valence-corrected chi connectivity index (χ1v) is 9.23. The van der Waals surface area contributed by atoms with Crippen LogP contribution in [-0.4, -0.2) is 68.8 Å². The molecular weight excluding hydrogens is 308 g/mol. The number of likely N-dealkylation sites (tertiary alicyclic amines) is 1. The minimum atomic E-state index is -0.0924. The summed E-state index contributed by atoms with van der Waals surface area (Å²) in [5, 5.41) is 9.49. The molecule has 3 amide bonds. The Kier molecular flexibility index (Phi) is 8.32. The van der Waals surface area contributed by atoms with Crippen molar-refractivity contribution in [1.29, 1.82) is 0 Å². The number of nitrogens with one attached hydrogen (secondary N) is 3. The largest absolute Gasteiger partial charge is 0.384 e. The molecule has 2 rings (SSSR count). The minimum Gasteiger partial charge on any atom is -0.384 e. The topological polar surface area (TPSA) is 82.7 Å². The van der Waals surface area contributed by atoms with E-state index in [0.29, 0.717) is 38.7 Å². The van der Waals surface area contributed by atoms with Gasteiger partial charge in [0.25, 0.3) is 0 Å².